The van der Waals surface area contributed by atoms with Crippen molar-refractivity contribution in [3.8, 4) is 0 Å². The molecule has 1 aliphatic heterocycles. The van der Waals surface area contributed by atoms with Crippen LogP contribution >= 0.6 is 24.2 Å². The summed E-state index contributed by atoms with van der Waals surface area (Å²) in [6, 6.07) is 0.414. The molecule has 0 bridgehead atoms. The first-order valence-corrected chi connectivity index (χ1v) is 4.22. The fourth-order valence-corrected chi connectivity index (χ4v) is 1.48. The number of nitrogens with zero attached hydrogens (tertiary/aromatic N) is 1. The van der Waals surface area contributed by atoms with Crippen LogP contribution < -0.4 is 5.32 Å². The van der Waals surface area contributed by atoms with Gasteiger partial charge >= 0.3 is 0 Å². The maximum atomic E-state index is 7.17. The normalized spacial score (nSPS) is 16.3. The van der Waals surface area contributed by atoms with Crippen molar-refractivity contribution in [3.63, 3.8) is 0 Å². The summed E-state index contributed by atoms with van der Waals surface area (Å²) in [5, 5.41) is 11.2. The van der Waals surface area contributed by atoms with Gasteiger partial charge in [-0.15, -0.1) is 12.4 Å². The number of thioether (sulfide) groups is 1. The molecule has 0 spiro atoms. The topological polar surface area (TPSA) is 48.2 Å². The molecule has 5 heteroatoms. The molecule has 0 saturated heterocycles. The summed E-state index contributed by atoms with van der Waals surface area (Å²) in [4.78, 5) is 3.98. The third kappa shape index (κ3) is 3.62. The van der Waals surface area contributed by atoms with Crippen molar-refractivity contribution in [2.24, 2.45) is 4.99 Å². The molecule has 0 saturated carbocycles. The van der Waals surface area contributed by atoms with Crippen molar-refractivity contribution in [2.75, 3.05) is 5.75 Å². The molecule has 64 valence electrons. The van der Waals surface area contributed by atoms with E-state index < -0.39 is 0 Å². The zero-order chi connectivity index (χ0) is 7.56. The third-order valence-electron chi connectivity index (χ3n) is 0.994. The van der Waals surface area contributed by atoms with Crippen LogP contribution in [0.3, 0.4) is 0 Å². The molecular formula is C6H12ClN3S. The van der Waals surface area contributed by atoms with E-state index in [1.807, 2.05) is 0 Å². The van der Waals surface area contributed by atoms with Crippen LogP contribution in [0, 0.1) is 5.41 Å². The van der Waals surface area contributed by atoms with Crippen molar-refractivity contribution in [3.05, 3.63) is 0 Å². The van der Waals surface area contributed by atoms with Crippen LogP contribution in [0.15, 0.2) is 4.99 Å². The van der Waals surface area contributed by atoms with Gasteiger partial charge in [0.25, 0.3) is 0 Å². The van der Waals surface area contributed by atoms with E-state index in [0.29, 0.717) is 11.9 Å². The molecule has 0 aliphatic carbocycles. The highest BCUT2D eigenvalue weighted by atomic mass is 35.5. The van der Waals surface area contributed by atoms with Crippen LogP contribution in [0.25, 0.3) is 0 Å². The SMILES string of the molecule is CC(C)NC1=NC(=N)CS1.Cl. The second kappa shape index (κ2) is 4.62. The summed E-state index contributed by atoms with van der Waals surface area (Å²) in [6.07, 6.45) is 0. The molecule has 0 radical (unpaired) electrons. The van der Waals surface area contributed by atoms with Crippen LogP contribution in [-0.2, 0) is 0 Å². The molecule has 1 rings (SSSR count). The van der Waals surface area contributed by atoms with Crippen LogP contribution in [0.2, 0.25) is 0 Å². The minimum Gasteiger partial charge on any atom is -0.362 e. The molecule has 2 N–H and O–H groups in total. The minimum absolute atomic E-state index is 0. The summed E-state index contributed by atoms with van der Waals surface area (Å²) in [7, 11) is 0. The van der Waals surface area contributed by atoms with E-state index in [4.69, 9.17) is 5.41 Å². The van der Waals surface area contributed by atoms with Crippen molar-refractivity contribution < 1.29 is 0 Å². The molecule has 0 unspecified atom stereocenters. The summed E-state index contributed by atoms with van der Waals surface area (Å²) in [5.41, 5.74) is 0. The predicted molar refractivity (Wildman–Crippen MR) is 53.1 cm³/mol. The Bertz CT molecular complexity index is 179. The van der Waals surface area contributed by atoms with Gasteiger partial charge in [0.1, 0.15) is 5.84 Å². The lowest BCUT2D eigenvalue weighted by Gasteiger charge is -2.06. The lowest BCUT2D eigenvalue weighted by Crippen LogP contribution is -2.26. The summed E-state index contributed by atoms with van der Waals surface area (Å²) in [5.74, 6) is 1.18. The Morgan fingerprint density at radius 3 is 2.64 bits per heavy atom. The molecule has 1 heterocycles. The largest absolute Gasteiger partial charge is 0.362 e. The Morgan fingerprint density at radius 2 is 2.27 bits per heavy atom. The highest BCUT2D eigenvalue weighted by Gasteiger charge is 2.11. The van der Waals surface area contributed by atoms with E-state index in [0.717, 1.165) is 10.9 Å². The Balaban J connectivity index is 0.000001000. The summed E-state index contributed by atoms with van der Waals surface area (Å²) >= 11 is 1.59. The summed E-state index contributed by atoms with van der Waals surface area (Å²) in [6.45, 7) is 4.12. The van der Waals surface area contributed by atoms with E-state index >= 15 is 0 Å². The standard InChI is InChI=1S/C6H11N3S.ClH/c1-4(2)8-6-9-5(7)3-10-6;/h4H,3H2,1-2H3,(H2,7,8,9);1H. The maximum Gasteiger partial charge on any atom is 0.163 e. The number of amidine groups is 2. The van der Waals surface area contributed by atoms with Gasteiger partial charge in [0, 0.05) is 6.04 Å². The van der Waals surface area contributed by atoms with E-state index in [1.165, 1.54) is 0 Å². The molecule has 0 aromatic heterocycles. The first-order valence-electron chi connectivity index (χ1n) is 3.24. The zero-order valence-electron chi connectivity index (χ0n) is 6.55. The van der Waals surface area contributed by atoms with Crippen LogP contribution in [0.1, 0.15) is 13.8 Å². The fourth-order valence-electron chi connectivity index (χ4n) is 0.645. The van der Waals surface area contributed by atoms with Crippen molar-refractivity contribution in [2.45, 2.75) is 19.9 Å². The molecule has 0 aromatic carbocycles. The third-order valence-corrected chi connectivity index (χ3v) is 1.89. The van der Waals surface area contributed by atoms with Gasteiger partial charge in [-0.05, 0) is 13.8 Å². The van der Waals surface area contributed by atoms with Gasteiger partial charge in [-0.1, -0.05) is 11.8 Å². The van der Waals surface area contributed by atoms with Crippen LogP contribution in [0.5, 0.6) is 0 Å². The Hall–Kier alpha value is -0.220. The van der Waals surface area contributed by atoms with Crippen molar-refractivity contribution in [1.29, 1.82) is 5.41 Å². The highest BCUT2D eigenvalue weighted by molar-refractivity contribution is 8.14. The van der Waals surface area contributed by atoms with Gasteiger partial charge in [0.2, 0.25) is 0 Å². The summed E-state index contributed by atoms with van der Waals surface area (Å²) < 4.78 is 0. The highest BCUT2D eigenvalue weighted by Crippen LogP contribution is 2.10. The quantitative estimate of drug-likeness (QED) is 0.663. The molecule has 1 aliphatic rings. The molecule has 0 atom stereocenters. The van der Waals surface area contributed by atoms with Gasteiger partial charge in [0.15, 0.2) is 5.17 Å². The number of hydrogen-bond acceptors (Lipinski definition) is 3. The van der Waals surface area contributed by atoms with Gasteiger partial charge in [-0.2, -0.15) is 0 Å². The van der Waals surface area contributed by atoms with Crippen LogP contribution in [0.4, 0.5) is 0 Å². The van der Waals surface area contributed by atoms with Gasteiger partial charge < -0.3 is 5.32 Å². The molecule has 0 aromatic rings. The Labute approximate surface area is 77.0 Å². The monoisotopic (exact) mass is 193 g/mol. The second-order valence-corrected chi connectivity index (χ2v) is 3.42. The molecular weight excluding hydrogens is 182 g/mol. The van der Waals surface area contributed by atoms with E-state index in [1.54, 1.807) is 11.8 Å². The fraction of sp³-hybridized carbons (Fsp3) is 0.667. The van der Waals surface area contributed by atoms with E-state index in [9.17, 15) is 0 Å². The molecule has 0 amide bonds. The molecule has 3 nitrogen and oxygen atoms in total. The maximum absolute atomic E-state index is 7.17. The molecule has 11 heavy (non-hydrogen) atoms. The average Bonchev–Trinajstić information content (AvgIpc) is 2.13. The number of rotatable bonds is 1. The second-order valence-electron chi connectivity index (χ2n) is 2.45. The predicted octanol–water partition coefficient (Wildman–Crippen LogP) is 1.49. The number of halogens is 1. The number of aliphatic imine (C=N–C) groups is 1. The smallest absolute Gasteiger partial charge is 0.163 e. The van der Waals surface area contributed by atoms with E-state index in [2.05, 4.69) is 24.2 Å². The van der Waals surface area contributed by atoms with E-state index in [-0.39, 0.29) is 12.4 Å². The first-order chi connectivity index (χ1) is 4.68. The lowest BCUT2D eigenvalue weighted by atomic mass is 10.4. The van der Waals surface area contributed by atoms with Gasteiger partial charge in [-0.25, -0.2) is 4.99 Å². The molecule has 0 fully saturated rings. The van der Waals surface area contributed by atoms with Crippen molar-refractivity contribution in [1.82, 2.24) is 5.32 Å². The Kier molecular flexibility index (Phi) is 4.52. The van der Waals surface area contributed by atoms with Crippen molar-refractivity contribution >= 4 is 35.2 Å². The number of hydrogen-bond donors (Lipinski definition) is 2. The average molecular weight is 194 g/mol. The first kappa shape index (κ1) is 10.8. The lowest BCUT2D eigenvalue weighted by molar-refractivity contribution is 0.741. The van der Waals surface area contributed by atoms with Gasteiger partial charge in [-0.3, -0.25) is 5.41 Å². The zero-order valence-corrected chi connectivity index (χ0v) is 8.18. The number of nitrogens with one attached hydrogen (secondary N) is 2. The minimum atomic E-state index is 0. The van der Waals surface area contributed by atoms with Gasteiger partial charge in [0.05, 0.1) is 5.75 Å². The van der Waals surface area contributed by atoms with Crippen LogP contribution in [-0.4, -0.2) is 22.8 Å². The Morgan fingerprint density at radius 1 is 1.64 bits per heavy atom.